The summed E-state index contributed by atoms with van der Waals surface area (Å²) >= 11 is 5.77. The summed E-state index contributed by atoms with van der Waals surface area (Å²) < 4.78 is 42.9. The number of halogens is 4. The number of carbonyl (C=O) groups excluding carboxylic acids is 1. The summed E-state index contributed by atoms with van der Waals surface area (Å²) in [6, 6.07) is 0. The minimum Gasteiger partial charge on any atom is -0.375 e. The molecule has 1 amide bonds. The van der Waals surface area contributed by atoms with Crippen LogP contribution in [0.5, 0.6) is 0 Å². The number of nitrogens with zero attached hydrogens (tertiary/aromatic N) is 1. The van der Waals surface area contributed by atoms with Crippen molar-refractivity contribution in [2.75, 3.05) is 19.0 Å². The highest BCUT2D eigenvalue weighted by Gasteiger charge is 2.35. The number of hydrogen-bond acceptors (Lipinski definition) is 3. The molecule has 2 rings (SSSR count). The van der Waals surface area contributed by atoms with Crippen molar-refractivity contribution in [3.05, 3.63) is 23.0 Å². The highest BCUT2D eigenvalue weighted by Crippen LogP contribution is 2.39. The Hall–Kier alpha value is -1.80. The lowest BCUT2D eigenvalue weighted by molar-refractivity contribution is -0.137. The first-order valence-electron chi connectivity index (χ1n) is 5.36. The molecule has 0 fully saturated rings. The highest BCUT2D eigenvalue weighted by atomic mass is 35.5. The number of ether oxygens (including phenoxy) is 1. The Morgan fingerprint density at radius 1 is 1.55 bits per heavy atom. The number of aromatic nitrogens is 2. The molecule has 9 heteroatoms. The van der Waals surface area contributed by atoms with Crippen LogP contribution in [0.4, 0.5) is 18.9 Å². The van der Waals surface area contributed by atoms with Crippen molar-refractivity contribution in [1.82, 2.24) is 9.97 Å². The third-order valence-electron chi connectivity index (χ3n) is 2.49. The first-order valence-corrected chi connectivity index (χ1v) is 5.74. The maximum Gasteiger partial charge on any atom is 0.419 e. The molecule has 0 bridgehead atoms. The van der Waals surface area contributed by atoms with Gasteiger partial charge in [-0.05, 0) is 0 Å². The van der Waals surface area contributed by atoms with Gasteiger partial charge in [0, 0.05) is 19.5 Å². The second-order valence-corrected chi connectivity index (χ2v) is 4.27. The molecule has 0 saturated carbocycles. The number of amides is 1. The van der Waals surface area contributed by atoms with Gasteiger partial charge in [0.2, 0.25) is 5.91 Å². The smallest absolute Gasteiger partial charge is 0.375 e. The van der Waals surface area contributed by atoms with Crippen LogP contribution in [0.2, 0.25) is 5.02 Å². The van der Waals surface area contributed by atoms with Crippen molar-refractivity contribution in [2.24, 2.45) is 0 Å². The molecular weight excluding hydrogens is 299 g/mol. The van der Waals surface area contributed by atoms with Crippen LogP contribution in [0.15, 0.2) is 12.4 Å². The van der Waals surface area contributed by atoms with Crippen LogP contribution in [-0.2, 0) is 15.7 Å². The summed E-state index contributed by atoms with van der Waals surface area (Å²) in [6.45, 7) is -0.226. The largest absolute Gasteiger partial charge is 0.419 e. The van der Waals surface area contributed by atoms with Gasteiger partial charge in [0.25, 0.3) is 0 Å². The molecule has 0 aliphatic rings. The molecule has 0 aliphatic heterocycles. The van der Waals surface area contributed by atoms with Gasteiger partial charge in [0.15, 0.2) is 0 Å². The van der Waals surface area contributed by atoms with Gasteiger partial charge in [-0.15, -0.1) is 0 Å². The van der Waals surface area contributed by atoms with E-state index in [4.69, 9.17) is 11.6 Å². The maximum absolute atomic E-state index is 12.8. The van der Waals surface area contributed by atoms with E-state index in [0.717, 1.165) is 0 Å². The zero-order valence-electron chi connectivity index (χ0n) is 10.1. The van der Waals surface area contributed by atoms with E-state index in [1.807, 2.05) is 0 Å². The van der Waals surface area contributed by atoms with E-state index in [9.17, 15) is 18.0 Å². The van der Waals surface area contributed by atoms with Crippen molar-refractivity contribution < 1.29 is 22.7 Å². The monoisotopic (exact) mass is 307 g/mol. The van der Waals surface area contributed by atoms with Gasteiger partial charge < -0.3 is 15.0 Å². The van der Waals surface area contributed by atoms with Gasteiger partial charge in [-0.2, -0.15) is 13.2 Å². The molecule has 2 N–H and O–H groups in total. The predicted molar refractivity (Wildman–Crippen MR) is 66.6 cm³/mol. The number of H-pyrrole nitrogens is 1. The van der Waals surface area contributed by atoms with Crippen molar-refractivity contribution in [2.45, 2.75) is 6.18 Å². The van der Waals surface area contributed by atoms with E-state index in [1.165, 1.54) is 13.3 Å². The SMILES string of the molecule is COCC(=O)Nc1c[nH]c2ncc(C(F)(F)F)c(Cl)c12. The summed E-state index contributed by atoms with van der Waals surface area (Å²) in [7, 11) is 1.32. The Morgan fingerprint density at radius 2 is 2.25 bits per heavy atom. The molecule has 2 aromatic rings. The number of carbonyl (C=O) groups is 1. The fourth-order valence-corrected chi connectivity index (χ4v) is 2.02. The van der Waals surface area contributed by atoms with Crippen molar-refractivity contribution in [3.63, 3.8) is 0 Å². The molecule has 5 nitrogen and oxygen atoms in total. The number of methoxy groups -OCH3 is 1. The standard InChI is InChI=1S/C11H9ClF3N3O2/c1-20-4-7(19)18-6-3-17-10-8(6)9(12)5(2-16-10)11(13,14)15/h2-3H,4H2,1H3,(H,16,17)(H,18,19). The molecule has 0 aromatic carbocycles. The van der Waals surface area contributed by atoms with Gasteiger partial charge in [0.05, 0.1) is 21.7 Å². The summed E-state index contributed by atoms with van der Waals surface area (Å²) in [5, 5.41) is 1.89. The van der Waals surface area contributed by atoms with E-state index in [0.29, 0.717) is 6.20 Å². The lowest BCUT2D eigenvalue weighted by Gasteiger charge is -2.10. The molecule has 0 aliphatic carbocycles. The van der Waals surface area contributed by atoms with Crippen LogP contribution < -0.4 is 5.32 Å². The molecular formula is C11H9ClF3N3O2. The van der Waals surface area contributed by atoms with Crippen LogP contribution in [0.1, 0.15) is 5.56 Å². The Morgan fingerprint density at radius 3 is 2.85 bits per heavy atom. The zero-order chi connectivity index (χ0) is 14.9. The van der Waals surface area contributed by atoms with E-state index in [2.05, 4.69) is 20.0 Å². The Bertz CT molecular complexity index is 654. The summed E-state index contributed by atoms with van der Waals surface area (Å²) in [6.07, 6.45) is -2.66. The quantitative estimate of drug-likeness (QED) is 0.916. The fraction of sp³-hybridized carbons (Fsp3) is 0.273. The van der Waals surface area contributed by atoms with E-state index >= 15 is 0 Å². The average molecular weight is 308 g/mol. The van der Waals surface area contributed by atoms with Gasteiger partial charge in [0.1, 0.15) is 12.3 Å². The van der Waals surface area contributed by atoms with Crippen molar-refractivity contribution in [3.8, 4) is 0 Å². The van der Waals surface area contributed by atoms with E-state index in [1.54, 1.807) is 0 Å². The van der Waals surface area contributed by atoms with Crippen LogP contribution in [0, 0.1) is 0 Å². The molecule has 20 heavy (non-hydrogen) atoms. The van der Waals surface area contributed by atoms with Crippen LogP contribution in [-0.4, -0.2) is 29.6 Å². The normalized spacial score (nSPS) is 11.8. The molecule has 108 valence electrons. The molecule has 0 unspecified atom stereocenters. The third-order valence-corrected chi connectivity index (χ3v) is 2.89. The third kappa shape index (κ3) is 2.70. The summed E-state index contributed by atoms with van der Waals surface area (Å²) in [5.41, 5.74) is -0.796. The zero-order valence-corrected chi connectivity index (χ0v) is 10.9. The number of fused-ring (bicyclic) bond motifs is 1. The first-order chi connectivity index (χ1) is 9.34. The topological polar surface area (TPSA) is 67.0 Å². The fourth-order valence-electron chi connectivity index (χ4n) is 1.67. The lowest BCUT2D eigenvalue weighted by atomic mass is 10.2. The molecule has 0 radical (unpaired) electrons. The number of pyridine rings is 1. The summed E-state index contributed by atoms with van der Waals surface area (Å²) in [5.74, 6) is -0.512. The number of rotatable bonds is 3. The number of anilines is 1. The van der Waals surface area contributed by atoms with E-state index < -0.39 is 22.7 Å². The van der Waals surface area contributed by atoms with Crippen LogP contribution in [0.3, 0.4) is 0 Å². The number of alkyl halides is 3. The van der Waals surface area contributed by atoms with Gasteiger partial charge >= 0.3 is 6.18 Å². The van der Waals surface area contributed by atoms with Gasteiger partial charge in [-0.1, -0.05) is 11.6 Å². The van der Waals surface area contributed by atoms with Crippen molar-refractivity contribution in [1.29, 1.82) is 0 Å². The number of nitrogens with one attached hydrogen (secondary N) is 2. The predicted octanol–water partition coefficient (Wildman–Crippen LogP) is 2.82. The molecule has 2 aromatic heterocycles. The number of hydrogen-bond donors (Lipinski definition) is 2. The molecule has 0 saturated heterocycles. The maximum atomic E-state index is 12.8. The Labute approximate surface area is 116 Å². The average Bonchev–Trinajstić information content (AvgIpc) is 2.72. The lowest BCUT2D eigenvalue weighted by Crippen LogP contribution is -2.17. The van der Waals surface area contributed by atoms with Gasteiger partial charge in [-0.25, -0.2) is 4.98 Å². The second-order valence-electron chi connectivity index (χ2n) is 3.89. The van der Waals surface area contributed by atoms with E-state index in [-0.39, 0.29) is 23.3 Å². The Balaban J connectivity index is 2.50. The molecule has 0 atom stereocenters. The number of aromatic amines is 1. The van der Waals surface area contributed by atoms with Crippen molar-refractivity contribution >= 4 is 34.2 Å². The first kappa shape index (κ1) is 14.6. The minimum absolute atomic E-state index is 0.00550. The minimum atomic E-state index is -4.62. The van der Waals surface area contributed by atoms with Crippen LogP contribution in [0.25, 0.3) is 11.0 Å². The molecule has 2 heterocycles. The van der Waals surface area contributed by atoms with Gasteiger partial charge in [-0.3, -0.25) is 4.79 Å². The molecule has 0 spiro atoms. The highest BCUT2D eigenvalue weighted by molar-refractivity contribution is 6.37. The van der Waals surface area contributed by atoms with Crippen LogP contribution >= 0.6 is 11.6 Å². The summed E-state index contributed by atoms with van der Waals surface area (Å²) in [4.78, 5) is 17.7. The second kappa shape index (κ2) is 5.29. The Kier molecular flexibility index (Phi) is 3.87.